The van der Waals surface area contributed by atoms with Gasteiger partial charge in [-0.25, -0.2) is 4.98 Å². The van der Waals surface area contributed by atoms with E-state index in [4.69, 9.17) is 11.6 Å². The van der Waals surface area contributed by atoms with Crippen molar-refractivity contribution in [2.24, 2.45) is 13.0 Å². The highest BCUT2D eigenvalue weighted by molar-refractivity contribution is 6.33. The van der Waals surface area contributed by atoms with Gasteiger partial charge in [0.1, 0.15) is 5.02 Å². The van der Waals surface area contributed by atoms with Crippen LogP contribution in [0, 0.1) is 5.92 Å². The largest absolute Gasteiger partial charge is 0.573 e. The lowest BCUT2D eigenvalue weighted by molar-refractivity contribution is -0.274. The van der Waals surface area contributed by atoms with Crippen LogP contribution >= 0.6 is 11.6 Å². The number of piperidine rings is 1. The average Bonchev–Trinajstić information content (AvgIpc) is 3.21. The fourth-order valence-corrected chi connectivity index (χ4v) is 4.20. The number of carbonyl (C=O) groups excluding carboxylic acids is 1. The van der Waals surface area contributed by atoms with E-state index in [9.17, 15) is 18.0 Å². The quantitative estimate of drug-likeness (QED) is 0.321. The van der Waals surface area contributed by atoms with Crippen molar-refractivity contribution in [2.45, 2.75) is 39.0 Å². The molecule has 0 amide bonds. The molecule has 1 fully saturated rings. The van der Waals surface area contributed by atoms with Crippen LogP contribution in [-0.2, 0) is 7.05 Å². The summed E-state index contributed by atoms with van der Waals surface area (Å²) in [6.07, 6.45) is -0.327. The Hall–Kier alpha value is -3.38. The zero-order valence-electron chi connectivity index (χ0n) is 20.5. The van der Waals surface area contributed by atoms with Crippen molar-refractivity contribution in [1.29, 1.82) is 0 Å². The number of halogens is 4. The number of carbonyl (C=O) groups is 1. The summed E-state index contributed by atoms with van der Waals surface area (Å²) in [6, 6.07) is 4.69. The molecule has 2 aromatic heterocycles. The Kier molecular flexibility index (Phi) is 7.88. The van der Waals surface area contributed by atoms with Crippen LogP contribution in [0.25, 0.3) is 0 Å². The summed E-state index contributed by atoms with van der Waals surface area (Å²) >= 11 is 6.27. The second-order valence-corrected chi connectivity index (χ2v) is 9.46. The average molecular weight is 538 g/mol. The number of aryl methyl sites for hydroxylation is 1. The van der Waals surface area contributed by atoms with Crippen LogP contribution in [0.3, 0.4) is 0 Å². The van der Waals surface area contributed by atoms with Crippen LogP contribution in [0.5, 0.6) is 5.75 Å². The van der Waals surface area contributed by atoms with Gasteiger partial charge in [-0.2, -0.15) is 10.1 Å². The Bertz CT molecular complexity index is 1270. The lowest BCUT2D eigenvalue weighted by Gasteiger charge is -2.24. The predicted molar refractivity (Wildman–Crippen MR) is 134 cm³/mol. The molecule has 0 atom stereocenters. The van der Waals surface area contributed by atoms with E-state index in [1.54, 1.807) is 33.2 Å². The third kappa shape index (κ3) is 6.69. The molecule has 9 nitrogen and oxygen atoms in total. The number of Topliss-reactive ketones (excluding diaryl/α,β-unsaturated/α-hetero) is 1. The zero-order valence-corrected chi connectivity index (χ0v) is 21.2. The van der Waals surface area contributed by atoms with Crippen molar-refractivity contribution < 1.29 is 22.7 Å². The molecule has 13 heteroatoms. The van der Waals surface area contributed by atoms with Crippen LogP contribution in [0.15, 0.2) is 30.6 Å². The molecule has 37 heavy (non-hydrogen) atoms. The van der Waals surface area contributed by atoms with Crippen molar-refractivity contribution in [2.75, 3.05) is 23.7 Å². The molecule has 1 saturated heterocycles. The summed E-state index contributed by atoms with van der Waals surface area (Å²) in [7, 11) is 1.67. The standard InChI is InChI=1S/C24H27ClF3N7O2/c1-13(2)21(36)20-18(12-35(3)34-20)31-22-16(25)11-30-23(33-22)32-17-5-4-15(14-6-8-29-9-7-14)10-19(17)37-24(26,27)28/h4-5,10-14,29H,6-9H2,1-3H3,(H2,30,31,32,33). The number of rotatable bonds is 8. The van der Waals surface area contributed by atoms with E-state index < -0.39 is 6.36 Å². The van der Waals surface area contributed by atoms with Gasteiger partial charge in [-0.15, -0.1) is 13.2 Å². The number of alkyl halides is 3. The Morgan fingerprint density at radius 2 is 1.95 bits per heavy atom. The molecule has 3 aromatic rings. The molecule has 1 aliphatic rings. The summed E-state index contributed by atoms with van der Waals surface area (Å²) in [5, 5.41) is 13.4. The van der Waals surface area contributed by atoms with Gasteiger partial charge in [0.15, 0.2) is 23.0 Å². The number of anilines is 4. The number of ether oxygens (including phenoxy) is 1. The van der Waals surface area contributed by atoms with Gasteiger partial charge in [-0.05, 0) is 49.5 Å². The summed E-state index contributed by atoms with van der Waals surface area (Å²) in [4.78, 5) is 21.0. The first-order valence-corrected chi connectivity index (χ1v) is 12.1. The smallest absolute Gasteiger partial charge is 0.404 e. The second kappa shape index (κ2) is 10.9. The highest BCUT2D eigenvalue weighted by Crippen LogP contribution is 2.37. The lowest BCUT2D eigenvalue weighted by atomic mass is 9.90. The molecule has 0 bridgehead atoms. The zero-order chi connectivity index (χ0) is 26.7. The maximum absolute atomic E-state index is 13.2. The monoisotopic (exact) mass is 537 g/mol. The third-order valence-corrected chi connectivity index (χ3v) is 6.15. The third-order valence-electron chi connectivity index (χ3n) is 5.87. The van der Waals surface area contributed by atoms with Crippen molar-refractivity contribution in [1.82, 2.24) is 25.1 Å². The van der Waals surface area contributed by atoms with E-state index in [-0.39, 0.29) is 51.5 Å². The number of nitrogens with one attached hydrogen (secondary N) is 3. The molecule has 1 aliphatic heterocycles. The van der Waals surface area contributed by atoms with Crippen molar-refractivity contribution in [3.63, 3.8) is 0 Å². The number of nitrogens with zero attached hydrogens (tertiary/aromatic N) is 4. The molecule has 0 unspecified atom stereocenters. The molecule has 0 spiro atoms. The Balaban J connectivity index is 1.62. The Morgan fingerprint density at radius 3 is 2.62 bits per heavy atom. The molecule has 0 radical (unpaired) electrons. The van der Waals surface area contributed by atoms with E-state index in [0.717, 1.165) is 31.5 Å². The highest BCUT2D eigenvalue weighted by atomic mass is 35.5. The van der Waals surface area contributed by atoms with Gasteiger partial charge in [0.05, 0.1) is 17.6 Å². The fourth-order valence-electron chi connectivity index (χ4n) is 4.06. The van der Waals surface area contributed by atoms with Crippen LogP contribution in [0.2, 0.25) is 5.02 Å². The summed E-state index contributed by atoms with van der Waals surface area (Å²) < 4.78 is 45.4. The lowest BCUT2D eigenvalue weighted by Crippen LogP contribution is -2.26. The maximum Gasteiger partial charge on any atom is 0.573 e. The molecule has 198 valence electrons. The van der Waals surface area contributed by atoms with Gasteiger partial charge in [0, 0.05) is 19.2 Å². The maximum atomic E-state index is 13.2. The van der Waals surface area contributed by atoms with Gasteiger partial charge in [-0.1, -0.05) is 31.5 Å². The molecule has 4 rings (SSSR count). The molecule has 3 heterocycles. The van der Waals surface area contributed by atoms with Gasteiger partial charge >= 0.3 is 6.36 Å². The van der Waals surface area contributed by atoms with Crippen molar-refractivity contribution in [3.8, 4) is 5.75 Å². The van der Waals surface area contributed by atoms with E-state index in [1.165, 1.54) is 23.0 Å². The summed E-state index contributed by atoms with van der Waals surface area (Å²) in [5.41, 5.74) is 1.42. The normalized spacial score (nSPS) is 14.6. The minimum Gasteiger partial charge on any atom is -0.404 e. The van der Waals surface area contributed by atoms with Crippen LogP contribution < -0.4 is 20.7 Å². The number of hydrogen-bond donors (Lipinski definition) is 3. The minimum atomic E-state index is -4.88. The van der Waals surface area contributed by atoms with Crippen molar-refractivity contribution >= 4 is 40.5 Å². The SMILES string of the molecule is CC(C)C(=O)c1nn(C)cc1Nc1nc(Nc2ccc(C3CCNCC3)cc2OC(F)(F)F)ncc1Cl. The van der Waals surface area contributed by atoms with E-state index in [1.807, 2.05) is 0 Å². The highest BCUT2D eigenvalue weighted by Gasteiger charge is 2.33. The molecule has 0 saturated carbocycles. The number of aromatic nitrogens is 4. The summed E-state index contributed by atoms with van der Waals surface area (Å²) in [6.45, 7) is 5.13. The molecule has 0 aliphatic carbocycles. The van der Waals surface area contributed by atoms with Crippen molar-refractivity contribution in [3.05, 3.63) is 46.9 Å². The first kappa shape index (κ1) is 26.7. The first-order chi connectivity index (χ1) is 17.5. The van der Waals surface area contributed by atoms with E-state index >= 15 is 0 Å². The van der Waals surface area contributed by atoms with Gasteiger partial charge in [0.2, 0.25) is 5.95 Å². The van der Waals surface area contributed by atoms with Gasteiger partial charge in [-0.3, -0.25) is 9.48 Å². The molecular formula is C24H27ClF3N7O2. The number of benzene rings is 1. The van der Waals surface area contributed by atoms with Crippen LogP contribution in [0.1, 0.15) is 48.7 Å². The molecule has 3 N–H and O–H groups in total. The van der Waals surface area contributed by atoms with Crippen LogP contribution in [-0.4, -0.2) is 45.0 Å². The van der Waals surface area contributed by atoms with E-state index in [2.05, 4.69) is 35.8 Å². The Labute approximate surface area is 216 Å². The number of hydrogen-bond acceptors (Lipinski definition) is 8. The van der Waals surface area contributed by atoms with Crippen LogP contribution in [0.4, 0.5) is 36.3 Å². The minimum absolute atomic E-state index is 0.0193. The number of ketones is 1. The van der Waals surface area contributed by atoms with Gasteiger partial charge in [0.25, 0.3) is 0 Å². The first-order valence-electron chi connectivity index (χ1n) is 11.7. The molecular weight excluding hydrogens is 511 g/mol. The van der Waals surface area contributed by atoms with E-state index in [0.29, 0.717) is 5.69 Å². The second-order valence-electron chi connectivity index (χ2n) is 9.05. The van der Waals surface area contributed by atoms with Gasteiger partial charge < -0.3 is 20.7 Å². The summed E-state index contributed by atoms with van der Waals surface area (Å²) in [5.74, 6) is -0.573. The Morgan fingerprint density at radius 1 is 1.22 bits per heavy atom. The topological polar surface area (TPSA) is 106 Å². The predicted octanol–water partition coefficient (Wildman–Crippen LogP) is 5.56. The molecule has 1 aromatic carbocycles. The fraction of sp³-hybridized carbons (Fsp3) is 0.417.